The molecule has 1 heterocycles. The predicted octanol–water partition coefficient (Wildman–Crippen LogP) is 3.17. The van der Waals surface area contributed by atoms with Crippen molar-refractivity contribution >= 4 is 28.6 Å². The molecular formula is C18H21N3O2. The molecule has 1 atom stereocenters. The summed E-state index contributed by atoms with van der Waals surface area (Å²) in [5.41, 5.74) is 3.45. The van der Waals surface area contributed by atoms with E-state index >= 15 is 0 Å². The summed E-state index contributed by atoms with van der Waals surface area (Å²) in [5.74, 6) is 0.643. The Morgan fingerprint density at radius 2 is 2.09 bits per heavy atom. The maximum Gasteiger partial charge on any atom is 0.229 e. The number of aliphatic hydroxyl groups is 1. The van der Waals surface area contributed by atoms with Crippen molar-refractivity contribution in [1.82, 2.24) is 9.55 Å². The van der Waals surface area contributed by atoms with Crippen LogP contribution in [0.1, 0.15) is 26.3 Å². The van der Waals surface area contributed by atoms with Gasteiger partial charge in [-0.25, -0.2) is 4.98 Å². The van der Waals surface area contributed by atoms with Crippen LogP contribution in [0, 0.1) is 11.8 Å². The van der Waals surface area contributed by atoms with E-state index < -0.39 is 0 Å². The van der Waals surface area contributed by atoms with Gasteiger partial charge >= 0.3 is 0 Å². The second kappa shape index (κ2) is 6.01. The molecule has 2 N–H and O–H groups in total. The van der Waals surface area contributed by atoms with Crippen LogP contribution in [0.25, 0.3) is 16.7 Å². The highest BCUT2D eigenvalue weighted by Gasteiger charge is 2.21. The molecule has 2 aromatic rings. The Hall–Kier alpha value is -2.40. The molecule has 0 bridgehead atoms. The Morgan fingerprint density at radius 3 is 2.65 bits per heavy atom. The van der Waals surface area contributed by atoms with Gasteiger partial charge in [0, 0.05) is 11.6 Å². The molecule has 0 aliphatic heterocycles. The summed E-state index contributed by atoms with van der Waals surface area (Å²) >= 11 is 0. The molecule has 1 aliphatic rings. The van der Waals surface area contributed by atoms with Crippen LogP contribution < -0.4 is 5.32 Å². The van der Waals surface area contributed by atoms with Crippen molar-refractivity contribution in [3.63, 3.8) is 0 Å². The van der Waals surface area contributed by atoms with E-state index in [1.807, 2.05) is 61.8 Å². The minimum absolute atomic E-state index is 0.0257. The van der Waals surface area contributed by atoms with E-state index in [0.717, 1.165) is 22.3 Å². The molecule has 3 rings (SSSR count). The number of amides is 1. The first-order valence-corrected chi connectivity index (χ1v) is 7.83. The average Bonchev–Trinajstić information content (AvgIpc) is 2.82. The monoisotopic (exact) mass is 311 g/mol. The van der Waals surface area contributed by atoms with Gasteiger partial charge in [-0.2, -0.15) is 0 Å². The third-order valence-electron chi connectivity index (χ3n) is 4.34. The third-order valence-corrected chi connectivity index (χ3v) is 4.34. The second-order valence-corrected chi connectivity index (χ2v) is 6.22. The molecule has 1 amide bonds. The highest BCUT2D eigenvalue weighted by molar-refractivity contribution is 5.95. The van der Waals surface area contributed by atoms with Crippen LogP contribution >= 0.6 is 0 Å². The molecule has 1 aromatic carbocycles. The van der Waals surface area contributed by atoms with Gasteiger partial charge in [0.05, 0.1) is 17.6 Å². The van der Waals surface area contributed by atoms with E-state index in [0.29, 0.717) is 5.95 Å². The number of rotatable bonds is 5. The van der Waals surface area contributed by atoms with E-state index in [2.05, 4.69) is 10.3 Å². The second-order valence-electron chi connectivity index (χ2n) is 6.22. The van der Waals surface area contributed by atoms with Crippen LogP contribution in [0.2, 0.25) is 0 Å². The molecular weight excluding hydrogens is 290 g/mol. The quantitative estimate of drug-likeness (QED) is 0.891. The molecule has 5 nitrogen and oxygen atoms in total. The summed E-state index contributed by atoms with van der Waals surface area (Å²) in [6.45, 7) is 5.94. The smallest absolute Gasteiger partial charge is 0.229 e. The zero-order chi connectivity index (χ0) is 16.6. The lowest BCUT2D eigenvalue weighted by molar-refractivity contribution is -0.120. The van der Waals surface area contributed by atoms with Crippen LogP contribution in [0.5, 0.6) is 0 Å². The number of nitrogens with one attached hydrogen (secondary N) is 1. The third kappa shape index (κ3) is 2.80. The van der Waals surface area contributed by atoms with E-state index in [9.17, 15) is 9.90 Å². The Labute approximate surface area is 135 Å². The molecule has 120 valence electrons. The average molecular weight is 311 g/mol. The summed E-state index contributed by atoms with van der Waals surface area (Å²) in [4.78, 5) is 16.9. The fourth-order valence-electron chi connectivity index (χ4n) is 2.42. The summed E-state index contributed by atoms with van der Waals surface area (Å²) in [6.07, 6.45) is 5.88. The van der Waals surface area contributed by atoms with Gasteiger partial charge in [-0.1, -0.05) is 32.9 Å². The molecule has 0 radical (unpaired) electrons. The van der Waals surface area contributed by atoms with E-state index in [-0.39, 0.29) is 24.3 Å². The summed E-state index contributed by atoms with van der Waals surface area (Å²) in [7, 11) is 0. The summed E-state index contributed by atoms with van der Waals surface area (Å²) in [5, 5.41) is 12.3. The molecule has 0 saturated heterocycles. The molecule has 1 aliphatic carbocycles. The summed E-state index contributed by atoms with van der Waals surface area (Å²) < 4.78 is 1.92. The topological polar surface area (TPSA) is 67.2 Å². The number of carbonyl (C=O) groups excluding carboxylic acids is 1. The van der Waals surface area contributed by atoms with E-state index in [1.165, 1.54) is 0 Å². The first kappa shape index (κ1) is 15.5. The van der Waals surface area contributed by atoms with Crippen molar-refractivity contribution < 1.29 is 9.90 Å². The Balaban J connectivity index is 2.04. The lowest BCUT2D eigenvalue weighted by atomic mass is 9.97. The number of hydrogen-bond donors (Lipinski definition) is 2. The SMILES string of the molecule is CC(C)[C@H](C)C(=O)Nc1nc2ccc(CO)cc2n1C1=CC=C1. The molecule has 0 spiro atoms. The van der Waals surface area contributed by atoms with Gasteiger partial charge in [0.1, 0.15) is 0 Å². The van der Waals surface area contributed by atoms with Crippen molar-refractivity contribution in [3.8, 4) is 0 Å². The minimum Gasteiger partial charge on any atom is -0.392 e. The number of benzene rings is 1. The van der Waals surface area contributed by atoms with Gasteiger partial charge in [-0.05, 0) is 35.8 Å². The van der Waals surface area contributed by atoms with Crippen LogP contribution in [0.4, 0.5) is 5.95 Å². The summed E-state index contributed by atoms with van der Waals surface area (Å²) in [6, 6.07) is 5.60. The van der Waals surface area contributed by atoms with Gasteiger partial charge in [-0.3, -0.25) is 14.7 Å². The Bertz CT molecular complexity index is 815. The predicted molar refractivity (Wildman–Crippen MR) is 91.7 cm³/mol. The molecule has 0 unspecified atom stereocenters. The van der Waals surface area contributed by atoms with Crippen molar-refractivity contribution in [1.29, 1.82) is 0 Å². The zero-order valence-electron chi connectivity index (χ0n) is 13.6. The number of imidazole rings is 1. The lowest BCUT2D eigenvalue weighted by Gasteiger charge is -2.17. The largest absolute Gasteiger partial charge is 0.392 e. The number of anilines is 1. The molecule has 23 heavy (non-hydrogen) atoms. The first-order valence-electron chi connectivity index (χ1n) is 7.83. The van der Waals surface area contributed by atoms with Crippen molar-refractivity contribution in [3.05, 3.63) is 42.0 Å². The van der Waals surface area contributed by atoms with Crippen LogP contribution in [0.3, 0.4) is 0 Å². The highest BCUT2D eigenvalue weighted by Crippen LogP contribution is 2.29. The van der Waals surface area contributed by atoms with Crippen LogP contribution in [0.15, 0.2) is 36.4 Å². The number of carbonyl (C=O) groups is 1. The fraction of sp³-hybridized carbons (Fsp3) is 0.333. The van der Waals surface area contributed by atoms with Crippen molar-refractivity contribution in [2.45, 2.75) is 27.4 Å². The maximum atomic E-state index is 12.4. The number of fused-ring (bicyclic) bond motifs is 1. The molecule has 0 saturated carbocycles. The van der Waals surface area contributed by atoms with E-state index in [4.69, 9.17) is 0 Å². The highest BCUT2D eigenvalue weighted by atomic mass is 16.3. The van der Waals surface area contributed by atoms with Crippen LogP contribution in [-0.4, -0.2) is 20.6 Å². The van der Waals surface area contributed by atoms with Crippen molar-refractivity contribution in [2.24, 2.45) is 11.8 Å². The zero-order valence-corrected chi connectivity index (χ0v) is 13.6. The Morgan fingerprint density at radius 1 is 1.35 bits per heavy atom. The van der Waals surface area contributed by atoms with E-state index in [1.54, 1.807) is 0 Å². The number of hydrogen-bond acceptors (Lipinski definition) is 3. The number of allylic oxidation sites excluding steroid dienone is 4. The van der Waals surface area contributed by atoms with Gasteiger partial charge in [0.25, 0.3) is 0 Å². The van der Waals surface area contributed by atoms with Gasteiger partial charge in [0.2, 0.25) is 11.9 Å². The van der Waals surface area contributed by atoms with Gasteiger partial charge < -0.3 is 5.11 Å². The standard InChI is InChI=1S/C18H21N3O2/c1-11(2)12(3)17(23)20-18-19-15-8-7-13(10-22)9-16(15)21(18)14-5-4-6-14/h4-9,11-12,22H,10H2,1-3H3,(H,19,20,23)/t12-/m0/s1. The molecule has 5 heteroatoms. The maximum absolute atomic E-state index is 12.4. The normalized spacial score (nSPS) is 14.7. The van der Waals surface area contributed by atoms with Crippen LogP contribution in [-0.2, 0) is 11.4 Å². The van der Waals surface area contributed by atoms with Gasteiger partial charge in [0.15, 0.2) is 0 Å². The number of aromatic nitrogens is 2. The molecule has 0 fully saturated rings. The first-order chi connectivity index (χ1) is 11.0. The van der Waals surface area contributed by atoms with Crippen molar-refractivity contribution in [2.75, 3.05) is 5.32 Å². The Kier molecular flexibility index (Phi) is 4.05. The number of aliphatic hydroxyl groups excluding tert-OH is 1. The minimum atomic E-state index is -0.0952. The molecule has 1 aromatic heterocycles. The lowest BCUT2D eigenvalue weighted by Crippen LogP contribution is -2.26. The number of nitrogens with zero attached hydrogens (tertiary/aromatic N) is 2. The fourth-order valence-corrected chi connectivity index (χ4v) is 2.42. The van der Waals surface area contributed by atoms with Gasteiger partial charge in [-0.15, -0.1) is 0 Å².